The molecule has 0 saturated carbocycles. The fraction of sp³-hybridized carbons (Fsp3) is 0.500. The van der Waals surface area contributed by atoms with Crippen LogP contribution in [-0.2, 0) is 4.74 Å². The number of rotatable bonds is 2. The van der Waals surface area contributed by atoms with Crippen molar-refractivity contribution in [1.29, 1.82) is 0 Å². The lowest BCUT2D eigenvalue weighted by atomic mass is 10.2. The van der Waals surface area contributed by atoms with E-state index in [9.17, 15) is 4.39 Å². The highest BCUT2D eigenvalue weighted by Crippen LogP contribution is 2.20. The highest BCUT2D eigenvalue weighted by atomic mass is 79.9. The highest BCUT2D eigenvalue weighted by Gasteiger charge is 2.16. The van der Waals surface area contributed by atoms with Crippen LogP contribution in [0.25, 0.3) is 0 Å². The fourth-order valence-electron chi connectivity index (χ4n) is 1.43. The zero-order chi connectivity index (χ0) is 10.7. The van der Waals surface area contributed by atoms with E-state index in [2.05, 4.69) is 20.9 Å². The quantitative estimate of drug-likeness (QED) is 0.778. The van der Waals surface area contributed by atoms with Crippen molar-refractivity contribution in [2.45, 2.75) is 18.9 Å². The third-order valence-corrected chi connectivity index (χ3v) is 2.82. The SMILES string of the molecule is Fc1nc(OC2CCOCC2)ccc1Br. The van der Waals surface area contributed by atoms with Gasteiger partial charge in [-0.2, -0.15) is 9.37 Å². The second-order valence-electron chi connectivity index (χ2n) is 3.35. The van der Waals surface area contributed by atoms with Gasteiger partial charge in [0.2, 0.25) is 11.8 Å². The van der Waals surface area contributed by atoms with E-state index < -0.39 is 5.95 Å². The van der Waals surface area contributed by atoms with Crippen LogP contribution < -0.4 is 4.74 Å². The molecule has 15 heavy (non-hydrogen) atoms. The van der Waals surface area contributed by atoms with Crippen molar-refractivity contribution in [2.75, 3.05) is 13.2 Å². The van der Waals surface area contributed by atoms with Crippen molar-refractivity contribution in [2.24, 2.45) is 0 Å². The summed E-state index contributed by atoms with van der Waals surface area (Å²) in [5, 5.41) is 0. The van der Waals surface area contributed by atoms with Gasteiger partial charge in [-0.3, -0.25) is 0 Å². The summed E-state index contributed by atoms with van der Waals surface area (Å²) in [4.78, 5) is 3.69. The van der Waals surface area contributed by atoms with Gasteiger partial charge in [0.15, 0.2) is 0 Å². The molecule has 1 fully saturated rings. The Hall–Kier alpha value is -0.680. The maximum absolute atomic E-state index is 13.1. The Balaban J connectivity index is 2.00. The number of halogens is 2. The minimum Gasteiger partial charge on any atom is -0.474 e. The van der Waals surface area contributed by atoms with Crippen molar-refractivity contribution in [3.63, 3.8) is 0 Å². The largest absolute Gasteiger partial charge is 0.474 e. The molecule has 1 aliphatic heterocycles. The molecule has 1 saturated heterocycles. The first-order valence-corrected chi connectivity index (χ1v) is 5.61. The second kappa shape index (κ2) is 4.90. The lowest BCUT2D eigenvalue weighted by Crippen LogP contribution is -2.26. The first-order chi connectivity index (χ1) is 7.25. The first-order valence-electron chi connectivity index (χ1n) is 4.82. The van der Waals surface area contributed by atoms with Crippen LogP contribution in [0.5, 0.6) is 5.88 Å². The predicted octanol–water partition coefficient (Wildman–Crippen LogP) is 2.54. The van der Waals surface area contributed by atoms with Crippen LogP contribution in [-0.4, -0.2) is 24.3 Å². The van der Waals surface area contributed by atoms with Crippen LogP contribution in [0.4, 0.5) is 4.39 Å². The molecule has 0 unspecified atom stereocenters. The second-order valence-corrected chi connectivity index (χ2v) is 4.21. The number of hydrogen-bond donors (Lipinski definition) is 0. The Bertz CT molecular complexity index is 342. The molecular formula is C10H11BrFNO2. The molecule has 0 spiro atoms. The average Bonchev–Trinajstić information content (AvgIpc) is 2.25. The molecule has 0 bridgehead atoms. The Labute approximate surface area is 95.7 Å². The lowest BCUT2D eigenvalue weighted by Gasteiger charge is -2.22. The maximum atomic E-state index is 13.1. The monoisotopic (exact) mass is 275 g/mol. The third-order valence-electron chi connectivity index (χ3n) is 2.23. The van der Waals surface area contributed by atoms with E-state index >= 15 is 0 Å². The Kier molecular flexibility index (Phi) is 3.53. The molecular weight excluding hydrogens is 265 g/mol. The highest BCUT2D eigenvalue weighted by molar-refractivity contribution is 9.10. The van der Waals surface area contributed by atoms with E-state index in [-0.39, 0.29) is 6.10 Å². The van der Waals surface area contributed by atoms with Gasteiger partial charge >= 0.3 is 0 Å². The maximum Gasteiger partial charge on any atom is 0.230 e. The molecule has 1 aromatic heterocycles. The van der Waals surface area contributed by atoms with Crippen LogP contribution in [0.3, 0.4) is 0 Å². The summed E-state index contributed by atoms with van der Waals surface area (Å²) in [7, 11) is 0. The average molecular weight is 276 g/mol. The van der Waals surface area contributed by atoms with Gasteiger partial charge in [0, 0.05) is 18.9 Å². The van der Waals surface area contributed by atoms with Gasteiger partial charge in [0.05, 0.1) is 17.7 Å². The molecule has 1 aliphatic rings. The van der Waals surface area contributed by atoms with Gasteiger partial charge in [0.1, 0.15) is 6.10 Å². The summed E-state index contributed by atoms with van der Waals surface area (Å²) in [5.74, 6) is -0.206. The number of nitrogens with zero attached hydrogens (tertiary/aromatic N) is 1. The molecule has 0 radical (unpaired) electrons. The molecule has 2 rings (SSSR count). The van der Waals surface area contributed by atoms with Gasteiger partial charge in [-0.1, -0.05) is 0 Å². The molecule has 5 heteroatoms. The standard InChI is InChI=1S/C10H11BrFNO2/c11-8-1-2-9(13-10(8)12)15-7-3-5-14-6-4-7/h1-2,7H,3-6H2. The lowest BCUT2D eigenvalue weighted by molar-refractivity contribution is 0.0234. The summed E-state index contributed by atoms with van der Waals surface area (Å²) in [6.07, 6.45) is 1.76. The van der Waals surface area contributed by atoms with Gasteiger partial charge in [-0.15, -0.1) is 0 Å². The van der Waals surface area contributed by atoms with Crippen LogP contribution in [0.1, 0.15) is 12.8 Å². The van der Waals surface area contributed by atoms with Crippen molar-refractivity contribution in [1.82, 2.24) is 4.98 Å². The number of ether oxygens (including phenoxy) is 2. The van der Waals surface area contributed by atoms with Crippen molar-refractivity contribution in [3.8, 4) is 5.88 Å². The Morgan fingerprint density at radius 2 is 2.13 bits per heavy atom. The van der Waals surface area contributed by atoms with Crippen LogP contribution in [0, 0.1) is 5.95 Å². The van der Waals surface area contributed by atoms with Gasteiger partial charge < -0.3 is 9.47 Å². The van der Waals surface area contributed by atoms with E-state index in [4.69, 9.17) is 9.47 Å². The van der Waals surface area contributed by atoms with Crippen LogP contribution in [0.2, 0.25) is 0 Å². The smallest absolute Gasteiger partial charge is 0.230 e. The predicted molar refractivity (Wildman–Crippen MR) is 56.4 cm³/mol. The van der Waals surface area contributed by atoms with Crippen LogP contribution in [0.15, 0.2) is 16.6 Å². The van der Waals surface area contributed by atoms with Crippen molar-refractivity contribution < 1.29 is 13.9 Å². The first kappa shape index (κ1) is 10.8. The molecule has 0 N–H and O–H groups in total. The van der Waals surface area contributed by atoms with E-state index in [0.717, 1.165) is 12.8 Å². The summed E-state index contributed by atoms with van der Waals surface area (Å²) in [6, 6.07) is 3.25. The van der Waals surface area contributed by atoms with E-state index in [1.54, 1.807) is 12.1 Å². The molecule has 3 nitrogen and oxygen atoms in total. The molecule has 0 atom stereocenters. The zero-order valence-electron chi connectivity index (χ0n) is 8.08. The molecule has 82 valence electrons. The van der Waals surface area contributed by atoms with Crippen LogP contribution >= 0.6 is 15.9 Å². The summed E-state index contributed by atoms with van der Waals surface area (Å²) < 4.78 is 24.2. The number of hydrogen-bond acceptors (Lipinski definition) is 3. The molecule has 0 amide bonds. The van der Waals surface area contributed by atoms with E-state index in [1.807, 2.05) is 0 Å². The minimum atomic E-state index is -0.542. The van der Waals surface area contributed by atoms with E-state index in [0.29, 0.717) is 23.6 Å². The molecule has 0 aromatic carbocycles. The topological polar surface area (TPSA) is 31.4 Å². The molecule has 2 heterocycles. The summed E-state index contributed by atoms with van der Waals surface area (Å²) in [6.45, 7) is 1.40. The van der Waals surface area contributed by atoms with Gasteiger partial charge in [-0.25, -0.2) is 0 Å². The third kappa shape index (κ3) is 2.89. The number of pyridine rings is 1. The van der Waals surface area contributed by atoms with Crippen molar-refractivity contribution in [3.05, 3.63) is 22.6 Å². The number of aromatic nitrogens is 1. The van der Waals surface area contributed by atoms with Gasteiger partial charge in [-0.05, 0) is 22.0 Å². The summed E-state index contributed by atoms with van der Waals surface area (Å²) in [5.41, 5.74) is 0. The zero-order valence-corrected chi connectivity index (χ0v) is 9.67. The molecule has 1 aromatic rings. The summed E-state index contributed by atoms with van der Waals surface area (Å²) >= 11 is 3.04. The Morgan fingerprint density at radius 1 is 1.40 bits per heavy atom. The van der Waals surface area contributed by atoms with Gasteiger partial charge in [0.25, 0.3) is 0 Å². The fourth-order valence-corrected chi connectivity index (χ4v) is 1.65. The normalized spacial score (nSPS) is 17.7. The Morgan fingerprint density at radius 3 is 2.80 bits per heavy atom. The van der Waals surface area contributed by atoms with E-state index in [1.165, 1.54) is 0 Å². The molecule has 0 aliphatic carbocycles. The van der Waals surface area contributed by atoms with Crippen molar-refractivity contribution >= 4 is 15.9 Å². The minimum absolute atomic E-state index is 0.0897.